The molecule has 0 radical (unpaired) electrons. The van der Waals surface area contributed by atoms with Gasteiger partial charge in [0.15, 0.2) is 0 Å². The summed E-state index contributed by atoms with van der Waals surface area (Å²) in [5.74, 6) is 2.89. The van der Waals surface area contributed by atoms with E-state index in [0.717, 1.165) is 54.6 Å². The second-order valence-corrected chi connectivity index (χ2v) is 16.7. The molecule has 3 unspecified atom stereocenters. The molecule has 3 atom stereocenters. The van der Waals surface area contributed by atoms with Gasteiger partial charge in [-0.2, -0.15) is 0 Å². The van der Waals surface area contributed by atoms with Gasteiger partial charge in [-0.1, -0.05) is 33.8 Å². The number of carbonyl (C=O) groups excluding carboxylic acids is 1. The van der Waals surface area contributed by atoms with Gasteiger partial charge >= 0.3 is 0 Å². The maximum Gasteiger partial charge on any atom is 0.265 e. The number of nitrogens with one attached hydrogen (secondary N) is 2. The Labute approximate surface area is 257 Å². The number of amides is 1. The fraction of sp³-hybridized carbons (Fsp3) is 0.676. The first-order chi connectivity index (χ1) is 19.4. The molecular weight excluding hydrogens is 542 g/mol. The molecule has 2 fully saturated rings. The van der Waals surface area contributed by atoms with Crippen molar-refractivity contribution in [3.8, 4) is 0 Å². The largest absolute Gasteiger partial charge is 0.370 e. The van der Waals surface area contributed by atoms with Crippen LogP contribution in [0.4, 0.5) is 11.6 Å². The van der Waals surface area contributed by atoms with Gasteiger partial charge in [-0.25, -0.2) is 9.97 Å². The number of pyridine rings is 2. The summed E-state index contributed by atoms with van der Waals surface area (Å²) in [4.78, 5) is 26.2. The Balaban J connectivity index is 1.56. The van der Waals surface area contributed by atoms with E-state index in [1.54, 1.807) is 0 Å². The third-order valence-corrected chi connectivity index (χ3v) is 10.1. The Kier molecular flexibility index (Phi) is 8.14. The Bertz CT molecular complexity index is 1300. The van der Waals surface area contributed by atoms with Crippen molar-refractivity contribution in [2.75, 3.05) is 16.8 Å². The number of nitrogens with zero attached hydrogens (tertiary/aromatic N) is 3. The minimum absolute atomic E-state index is 0.123. The molecule has 3 aliphatic heterocycles. The lowest BCUT2D eigenvalue weighted by atomic mass is 9.73. The molecule has 2 aromatic rings. The van der Waals surface area contributed by atoms with E-state index in [0.29, 0.717) is 23.3 Å². The number of carbonyl (C=O) groups is 1. The number of rotatable bonds is 1. The van der Waals surface area contributed by atoms with E-state index in [9.17, 15) is 4.79 Å². The Hall–Kier alpha value is -2.32. The first kappa shape index (κ1) is 31.1. The summed E-state index contributed by atoms with van der Waals surface area (Å²) >= 11 is 1.26. The average Bonchev–Trinajstić information content (AvgIpc) is 3.19. The lowest BCUT2D eigenvalue weighted by Gasteiger charge is -2.48. The molecule has 0 aliphatic carbocycles. The molecule has 0 aromatic carbocycles. The van der Waals surface area contributed by atoms with Gasteiger partial charge < -0.3 is 15.0 Å². The lowest BCUT2D eigenvalue weighted by Crippen LogP contribution is -2.50. The molecule has 2 N–H and O–H groups in total. The molecule has 0 saturated carbocycles. The third kappa shape index (κ3) is 6.75. The first-order valence-corrected chi connectivity index (χ1v) is 16.4. The molecule has 0 spiro atoms. The van der Waals surface area contributed by atoms with E-state index in [-0.39, 0.29) is 34.1 Å². The highest BCUT2D eigenvalue weighted by molar-refractivity contribution is 7.97. The number of hydrogen-bond acceptors (Lipinski definition) is 7. The van der Waals surface area contributed by atoms with Gasteiger partial charge in [0.25, 0.3) is 5.91 Å². The van der Waals surface area contributed by atoms with Crippen molar-refractivity contribution in [2.45, 2.75) is 128 Å². The quantitative estimate of drug-likeness (QED) is 0.329. The van der Waals surface area contributed by atoms with Crippen LogP contribution >= 0.6 is 11.9 Å². The normalized spacial score (nSPS) is 27.7. The van der Waals surface area contributed by atoms with Gasteiger partial charge in [-0.15, -0.1) is 0 Å². The van der Waals surface area contributed by atoms with Crippen LogP contribution in [0, 0.1) is 17.8 Å². The van der Waals surface area contributed by atoms with Gasteiger partial charge in [-0.05, 0) is 109 Å². The molecule has 4 bridgehead atoms. The van der Waals surface area contributed by atoms with Gasteiger partial charge in [-0.3, -0.25) is 9.52 Å². The minimum Gasteiger partial charge on any atom is -0.370 e. The van der Waals surface area contributed by atoms with Crippen LogP contribution in [0.1, 0.15) is 111 Å². The van der Waals surface area contributed by atoms with Gasteiger partial charge in [0.1, 0.15) is 16.7 Å². The molecule has 1 amide bonds. The summed E-state index contributed by atoms with van der Waals surface area (Å²) in [5.41, 5.74) is 0.994. The zero-order chi connectivity index (χ0) is 30.7. The highest BCUT2D eigenvalue weighted by Gasteiger charge is 2.46. The summed E-state index contributed by atoms with van der Waals surface area (Å²) in [5, 5.41) is 4.63. The average molecular weight is 594 g/mol. The van der Waals surface area contributed by atoms with Crippen LogP contribution in [0.3, 0.4) is 0 Å². The van der Waals surface area contributed by atoms with Crippen molar-refractivity contribution in [1.29, 1.82) is 0 Å². The highest BCUT2D eigenvalue weighted by Crippen LogP contribution is 2.45. The first-order valence-electron chi connectivity index (χ1n) is 15.6. The molecule has 230 valence electrons. The standard InChI is InChI=1S/C34H51N5O2S/c1-21-16-25(22-18-33(7,8)41-34(9,10)19-22)35-27-12-11-13-28(37-27)42-38-30(40)24-14-15-26(31(2,3)4)36-29(24)39-20-23(21)17-32(39,5)6/h11-15,21-23,25H,16-20H2,1-10H3,(H,35,37)(H,38,40). The van der Waals surface area contributed by atoms with Crippen molar-refractivity contribution in [3.05, 3.63) is 41.6 Å². The molecule has 2 saturated heterocycles. The van der Waals surface area contributed by atoms with Gasteiger partial charge in [0.2, 0.25) is 0 Å². The molecule has 42 heavy (non-hydrogen) atoms. The molecule has 2 aromatic heterocycles. The van der Waals surface area contributed by atoms with Crippen LogP contribution in [0.15, 0.2) is 35.4 Å². The smallest absolute Gasteiger partial charge is 0.265 e. The fourth-order valence-electron chi connectivity index (χ4n) is 7.61. The second kappa shape index (κ2) is 11.0. The number of aromatic nitrogens is 2. The van der Waals surface area contributed by atoms with Crippen molar-refractivity contribution >= 4 is 29.5 Å². The predicted octanol–water partition coefficient (Wildman–Crippen LogP) is 7.62. The highest BCUT2D eigenvalue weighted by atomic mass is 32.2. The van der Waals surface area contributed by atoms with Crippen LogP contribution in [-0.2, 0) is 10.2 Å². The summed E-state index contributed by atoms with van der Waals surface area (Å²) < 4.78 is 9.56. The van der Waals surface area contributed by atoms with Crippen molar-refractivity contribution in [1.82, 2.24) is 14.7 Å². The molecular formula is C34H51N5O2S. The molecule has 3 aliphatic rings. The zero-order valence-electron chi connectivity index (χ0n) is 27.3. The van der Waals surface area contributed by atoms with Crippen LogP contribution in [-0.4, -0.2) is 45.2 Å². The molecule has 8 heteroatoms. The minimum atomic E-state index is -0.184. The molecule has 7 nitrogen and oxygen atoms in total. The maximum absolute atomic E-state index is 13.7. The molecule has 5 rings (SSSR count). The number of anilines is 2. The van der Waals surface area contributed by atoms with Gasteiger partial charge in [0.05, 0.1) is 16.8 Å². The van der Waals surface area contributed by atoms with Crippen molar-refractivity contribution in [2.24, 2.45) is 17.8 Å². The second-order valence-electron chi connectivity index (χ2n) is 15.9. The van der Waals surface area contributed by atoms with E-state index < -0.39 is 0 Å². The van der Waals surface area contributed by atoms with Crippen LogP contribution in [0.2, 0.25) is 0 Å². The Morgan fingerprint density at radius 1 is 0.952 bits per heavy atom. The van der Waals surface area contributed by atoms with Crippen molar-refractivity contribution in [3.63, 3.8) is 0 Å². The fourth-order valence-corrected chi connectivity index (χ4v) is 8.21. The van der Waals surface area contributed by atoms with Crippen LogP contribution in [0.25, 0.3) is 0 Å². The molecule has 5 heterocycles. The van der Waals surface area contributed by atoms with E-state index in [1.807, 2.05) is 30.3 Å². The predicted molar refractivity (Wildman–Crippen MR) is 173 cm³/mol. The number of ether oxygens (including phenoxy) is 1. The van der Waals surface area contributed by atoms with Gasteiger partial charge in [0, 0.05) is 41.2 Å². The van der Waals surface area contributed by atoms with Crippen LogP contribution < -0.4 is 14.9 Å². The third-order valence-electron chi connectivity index (χ3n) is 9.42. The Morgan fingerprint density at radius 2 is 1.64 bits per heavy atom. The van der Waals surface area contributed by atoms with E-state index in [2.05, 4.69) is 84.2 Å². The van der Waals surface area contributed by atoms with Crippen molar-refractivity contribution < 1.29 is 9.53 Å². The number of hydrogen-bond donors (Lipinski definition) is 2. The SMILES string of the molecule is CC1CC(C2CC(C)(C)OC(C)(C)C2)Nc2cccc(n2)SNC(=O)c2ccc(C(C)(C)C)nc2N2CC1CC2(C)C. The summed E-state index contributed by atoms with van der Waals surface area (Å²) in [6.45, 7) is 23.3. The lowest BCUT2D eigenvalue weighted by molar-refractivity contribution is -0.174. The summed E-state index contributed by atoms with van der Waals surface area (Å²) in [7, 11) is 0. The summed E-state index contributed by atoms with van der Waals surface area (Å²) in [6, 6.07) is 10.2. The Morgan fingerprint density at radius 3 is 2.31 bits per heavy atom. The van der Waals surface area contributed by atoms with Crippen LogP contribution in [0.5, 0.6) is 0 Å². The van der Waals surface area contributed by atoms with E-state index >= 15 is 0 Å². The van der Waals surface area contributed by atoms with E-state index in [1.165, 1.54) is 11.9 Å². The number of fused-ring (bicyclic) bond motifs is 6. The topological polar surface area (TPSA) is 79.4 Å². The monoisotopic (exact) mass is 593 g/mol. The summed E-state index contributed by atoms with van der Waals surface area (Å²) in [6.07, 6.45) is 4.10. The zero-order valence-corrected chi connectivity index (χ0v) is 28.1. The maximum atomic E-state index is 13.7. The van der Waals surface area contributed by atoms with E-state index in [4.69, 9.17) is 14.7 Å².